The Morgan fingerprint density at radius 2 is 1.65 bits per heavy atom. The lowest BCUT2D eigenvalue weighted by Crippen LogP contribution is -2.08. The summed E-state index contributed by atoms with van der Waals surface area (Å²) in [6.07, 6.45) is 0. The van der Waals surface area contributed by atoms with E-state index < -0.39 is 5.97 Å². The normalized spacial score (nSPS) is 10.8. The zero-order chi connectivity index (χ0) is 18.1. The molecule has 0 atom stereocenters. The van der Waals surface area contributed by atoms with Crippen LogP contribution in [0.1, 0.15) is 10.4 Å². The average molecular weight is 361 g/mol. The minimum absolute atomic E-state index is 0.221. The highest BCUT2D eigenvalue weighted by atomic mass is 32.1. The number of nitrogens with zero attached hydrogens (tertiary/aromatic N) is 3. The maximum Gasteiger partial charge on any atom is 0.337 e. The molecule has 2 aromatic heterocycles. The molecule has 0 fully saturated rings. The van der Waals surface area contributed by atoms with Gasteiger partial charge in [-0.2, -0.15) is 4.98 Å². The molecule has 0 aliphatic carbocycles. The molecular formula is C20H15N3O2S. The van der Waals surface area contributed by atoms with Gasteiger partial charge >= 0.3 is 5.97 Å². The first-order chi connectivity index (χ1) is 12.6. The third kappa shape index (κ3) is 2.91. The molecule has 1 N–H and O–H groups in total. The molecule has 0 aliphatic heterocycles. The number of carboxylic acids is 1. The van der Waals surface area contributed by atoms with Crippen molar-refractivity contribution in [1.82, 2.24) is 9.97 Å². The number of thiazole rings is 1. The fraction of sp³-hybridized carbons (Fsp3) is 0.0500. The molecule has 2 aromatic carbocycles. The number of aromatic carboxylic acids is 1. The van der Waals surface area contributed by atoms with E-state index in [0.29, 0.717) is 21.2 Å². The summed E-state index contributed by atoms with van der Waals surface area (Å²) in [6, 6.07) is 21.0. The first kappa shape index (κ1) is 16.2. The van der Waals surface area contributed by atoms with Gasteiger partial charge in [0.2, 0.25) is 0 Å². The fourth-order valence-electron chi connectivity index (χ4n) is 2.72. The lowest BCUT2D eigenvalue weighted by atomic mass is 10.1. The topological polar surface area (TPSA) is 66.3 Å². The summed E-state index contributed by atoms with van der Waals surface area (Å²) in [5.41, 5.74) is 3.12. The Balaban J connectivity index is 1.87. The number of rotatable bonds is 4. The van der Waals surface area contributed by atoms with Gasteiger partial charge in [-0.1, -0.05) is 59.9 Å². The molecule has 0 saturated heterocycles. The quantitative estimate of drug-likeness (QED) is 0.564. The van der Waals surface area contributed by atoms with E-state index in [0.717, 1.165) is 11.3 Å². The highest BCUT2D eigenvalue weighted by molar-refractivity contribution is 7.22. The SMILES string of the molecule is CN(c1ccccc1)c1nc2nc(-c3ccccc3)cc(C(=O)O)c2s1. The number of para-hydroxylation sites is 1. The zero-order valence-corrected chi connectivity index (χ0v) is 14.8. The minimum Gasteiger partial charge on any atom is -0.478 e. The molecule has 0 saturated carbocycles. The molecule has 0 spiro atoms. The number of carbonyl (C=O) groups is 1. The maximum atomic E-state index is 11.8. The Morgan fingerprint density at radius 1 is 1.00 bits per heavy atom. The van der Waals surface area contributed by atoms with Crippen LogP contribution in [0.2, 0.25) is 0 Å². The second-order valence-corrected chi connectivity index (χ2v) is 6.75. The van der Waals surface area contributed by atoms with Crippen molar-refractivity contribution < 1.29 is 9.90 Å². The van der Waals surface area contributed by atoms with Crippen molar-refractivity contribution in [3.63, 3.8) is 0 Å². The van der Waals surface area contributed by atoms with E-state index in [-0.39, 0.29) is 5.56 Å². The van der Waals surface area contributed by atoms with Crippen LogP contribution in [0.15, 0.2) is 66.7 Å². The van der Waals surface area contributed by atoms with Gasteiger partial charge in [0.05, 0.1) is 16.0 Å². The monoisotopic (exact) mass is 361 g/mol. The molecule has 4 aromatic rings. The van der Waals surface area contributed by atoms with Crippen LogP contribution in [0.3, 0.4) is 0 Å². The largest absolute Gasteiger partial charge is 0.478 e. The Hall–Kier alpha value is -3.25. The Kier molecular flexibility index (Phi) is 4.10. The molecule has 2 heterocycles. The van der Waals surface area contributed by atoms with Crippen LogP contribution in [-0.2, 0) is 0 Å². The van der Waals surface area contributed by atoms with Crippen LogP contribution >= 0.6 is 11.3 Å². The van der Waals surface area contributed by atoms with E-state index >= 15 is 0 Å². The van der Waals surface area contributed by atoms with E-state index in [2.05, 4.69) is 9.97 Å². The molecule has 0 amide bonds. The van der Waals surface area contributed by atoms with Crippen LogP contribution in [-0.4, -0.2) is 28.1 Å². The van der Waals surface area contributed by atoms with Gasteiger partial charge in [0.25, 0.3) is 0 Å². The van der Waals surface area contributed by atoms with E-state index in [9.17, 15) is 9.90 Å². The third-order valence-electron chi connectivity index (χ3n) is 4.08. The maximum absolute atomic E-state index is 11.8. The Bertz CT molecular complexity index is 1080. The predicted octanol–water partition coefficient (Wildman–Crippen LogP) is 4.82. The minimum atomic E-state index is -0.979. The predicted molar refractivity (Wildman–Crippen MR) is 104 cm³/mol. The van der Waals surface area contributed by atoms with Crippen LogP contribution in [0, 0.1) is 0 Å². The number of fused-ring (bicyclic) bond motifs is 1. The second kappa shape index (κ2) is 6.57. The van der Waals surface area contributed by atoms with Crippen LogP contribution < -0.4 is 4.90 Å². The summed E-state index contributed by atoms with van der Waals surface area (Å²) in [4.78, 5) is 22.9. The molecular weight excluding hydrogens is 346 g/mol. The molecule has 26 heavy (non-hydrogen) atoms. The highest BCUT2D eigenvalue weighted by Gasteiger charge is 2.19. The molecule has 0 radical (unpaired) electrons. The highest BCUT2D eigenvalue weighted by Crippen LogP contribution is 2.35. The standard InChI is InChI=1S/C20H15N3O2S/c1-23(14-10-6-3-7-11-14)20-22-18-17(26-20)15(19(24)25)12-16(21-18)13-8-4-2-5-9-13/h2-12H,1H3,(H,24,25). The van der Waals surface area contributed by atoms with Crippen molar-refractivity contribution in [3.8, 4) is 11.3 Å². The van der Waals surface area contributed by atoms with Crippen molar-refractivity contribution in [2.45, 2.75) is 0 Å². The lowest BCUT2D eigenvalue weighted by Gasteiger charge is -2.14. The molecule has 0 aliphatic rings. The number of carboxylic acid groups (broad SMARTS) is 1. The van der Waals surface area contributed by atoms with Gasteiger partial charge in [-0.15, -0.1) is 0 Å². The Morgan fingerprint density at radius 3 is 2.31 bits per heavy atom. The molecule has 128 valence electrons. The lowest BCUT2D eigenvalue weighted by molar-refractivity contribution is 0.0699. The molecule has 0 unspecified atom stereocenters. The van der Waals surface area contributed by atoms with Gasteiger partial charge in [0.15, 0.2) is 10.8 Å². The van der Waals surface area contributed by atoms with E-state index in [1.54, 1.807) is 6.07 Å². The average Bonchev–Trinajstić information content (AvgIpc) is 3.12. The fourth-order valence-corrected chi connectivity index (χ4v) is 3.72. The summed E-state index contributed by atoms with van der Waals surface area (Å²) in [5.74, 6) is -0.979. The third-order valence-corrected chi connectivity index (χ3v) is 5.23. The molecule has 6 heteroatoms. The number of pyridine rings is 1. The van der Waals surface area contributed by atoms with E-state index in [1.165, 1.54) is 11.3 Å². The number of hydrogen-bond donors (Lipinski definition) is 1. The van der Waals surface area contributed by atoms with E-state index in [4.69, 9.17) is 0 Å². The van der Waals surface area contributed by atoms with Gasteiger partial charge in [-0.25, -0.2) is 9.78 Å². The Labute approximate surface area is 154 Å². The number of anilines is 2. The summed E-state index contributed by atoms with van der Waals surface area (Å²) in [5, 5.41) is 10.4. The smallest absolute Gasteiger partial charge is 0.337 e. The van der Waals surface area contributed by atoms with E-state index in [1.807, 2.05) is 72.6 Å². The molecule has 4 rings (SSSR count). The van der Waals surface area contributed by atoms with Crippen molar-refractivity contribution in [3.05, 3.63) is 72.3 Å². The summed E-state index contributed by atoms with van der Waals surface area (Å²) in [7, 11) is 1.91. The summed E-state index contributed by atoms with van der Waals surface area (Å²) < 4.78 is 0.579. The first-order valence-electron chi connectivity index (χ1n) is 8.02. The van der Waals surface area contributed by atoms with Gasteiger partial charge in [0, 0.05) is 18.3 Å². The summed E-state index contributed by atoms with van der Waals surface area (Å²) in [6.45, 7) is 0. The van der Waals surface area contributed by atoms with Crippen LogP contribution in [0.4, 0.5) is 10.8 Å². The molecule has 0 bridgehead atoms. The van der Waals surface area contributed by atoms with Gasteiger partial charge in [0.1, 0.15) is 0 Å². The number of hydrogen-bond acceptors (Lipinski definition) is 5. The van der Waals surface area contributed by atoms with Gasteiger partial charge in [-0.3, -0.25) is 0 Å². The van der Waals surface area contributed by atoms with Crippen molar-refractivity contribution in [1.29, 1.82) is 0 Å². The second-order valence-electron chi connectivity index (χ2n) is 5.77. The zero-order valence-electron chi connectivity index (χ0n) is 14.0. The van der Waals surface area contributed by atoms with Crippen LogP contribution in [0.25, 0.3) is 21.6 Å². The number of benzene rings is 2. The number of aromatic nitrogens is 2. The van der Waals surface area contributed by atoms with Crippen molar-refractivity contribution >= 4 is 38.5 Å². The van der Waals surface area contributed by atoms with Gasteiger partial charge < -0.3 is 10.0 Å². The summed E-state index contributed by atoms with van der Waals surface area (Å²) >= 11 is 1.33. The van der Waals surface area contributed by atoms with Crippen molar-refractivity contribution in [2.24, 2.45) is 0 Å². The van der Waals surface area contributed by atoms with Crippen molar-refractivity contribution in [2.75, 3.05) is 11.9 Å². The first-order valence-corrected chi connectivity index (χ1v) is 8.84. The van der Waals surface area contributed by atoms with Crippen LogP contribution in [0.5, 0.6) is 0 Å². The molecule has 5 nitrogen and oxygen atoms in total. The van der Waals surface area contributed by atoms with Gasteiger partial charge in [-0.05, 0) is 18.2 Å².